The van der Waals surface area contributed by atoms with Crippen molar-refractivity contribution >= 4 is 17.6 Å². The Bertz CT molecular complexity index is 311. The van der Waals surface area contributed by atoms with Crippen LogP contribution in [-0.4, -0.2) is 57.3 Å². The van der Waals surface area contributed by atoms with Crippen LogP contribution in [0.3, 0.4) is 0 Å². The molecule has 0 fully saturated rings. The van der Waals surface area contributed by atoms with Crippen LogP contribution in [0.15, 0.2) is 0 Å². The van der Waals surface area contributed by atoms with Crippen LogP contribution in [0, 0.1) is 0 Å². The third-order valence-electron chi connectivity index (χ3n) is 4.48. The summed E-state index contributed by atoms with van der Waals surface area (Å²) in [5.41, 5.74) is 0. The molecule has 0 aliphatic carbocycles. The zero-order valence-electron chi connectivity index (χ0n) is 20.9. The lowest BCUT2D eigenvalue weighted by molar-refractivity contribution is 0.0205. The Labute approximate surface area is 189 Å². The molecular weight excluding hydrogens is 416 g/mol. The van der Waals surface area contributed by atoms with Crippen molar-refractivity contribution in [3.8, 4) is 0 Å². The van der Waals surface area contributed by atoms with Gasteiger partial charge in [0, 0.05) is 39.6 Å². The van der Waals surface area contributed by atoms with Gasteiger partial charge in [0.05, 0.1) is 5.16 Å². The first-order valence-corrected chi connectivity index (χ1v) is 16.0. The molecule has 0 N–H and O–H groups in total. The third kappa shape index (κ3) is 10.2. The molecule has 30 heavy (non-hydrogen) atoms. The van der Waals surface area contributed by atoms with Gasteiger partial charge in [0.15, 0.2) is 0 Å². The predicted octanol–water partition coefficient (Wildman–Crippen LogP) is 6.13. The standard InChI is InChI=1S/C22H50O6Si2/c1-8-15-22(29(23-16-9-2,24-17-10-3)25-18-11-4)30(26-19-12-5,27-20-13-6)28-21-14-7/h22H,8-21H2,1-7H3. The quantitative estimate of drug-likeness (QED) is 0.179. The smallest absolute Gasteiger partial charge is 0.373 e. The SMILES string of the molecule is CCCO[Si](OCCC)(OCCC)C(CCC)[Si](OCCC)(OCCC)OCCC. The molecule has 0 saturated heterocycles. The van der Waals surface area contributed by atoms with E-state index in [-0.39, 0.29) is 5.16 Å². The van der Waals surface area contributed by atoms with Gasteiger partial charge >= 0.3 is 17.6 Å². The molecule has 0 atom stereocenters. The lowest BCUT2D eigenvalue weighted by Gasteiger charge is -2.43. The topological polar surface area (TPSA) is 55.4 Å². The second-order valence-electron chi connectivity index (χ2n) is 7.64. The zero-order chi connectivity index (χ0) is 22.7. The van der Waals surface area contributed by atoms with Gasteiger partial charge in [0.1, 0.15) is 0 Å². The molecule has 0 aromatic carbocycles. The average Bonchev–Trinajstić information content (AvgIpc) is 2.77. The molecule has 0 saturated carbocycles. The Kier molecular flexibility index (Phi) is 18.9. The fraction of sp³-hybridized carbons (Fsp3) is 1.00. The van der Waals surface area contributed by atoms with E-state index >= 15 is 0 Å². The zero-order valence-corrected chi connectivity index (χ0v) is 22.9. The highest BCUT2D eigenvalue weighted by Gasteiger charge is 2.65. The summed E-state index contributed by atoms with van der Waals surface area (Å²) >= 11 is 0. The number of rotatable bonds is 22. The molecule has 0 heterocycles. The van der Waals surface area contributed by atoms with E-state index in [0.717, 1.165) is 51.4 Å². The summed E-state index contributed by atoms with van der Waals surface area (Å²) in [5.74, 6) is 0. The van der Waals surface area contributed by atoms with Crippen LogP contribution in [0.2, 0.25) is 5.16 Å². The second kappa shape index (κ2) is 18.7. The fourth-order valence-corrected chi connectivity index (χ4v) is 12.3. The van der Waals surface area contributed by atoms with E-state index in [1.807, 2.05) is 0 Å². The van der Waals surface area contributed by atoms with Crippen LogP contribution in [0.25, 0.3) is 0 Å². The molecule has 8 heteroatoms. The molecule has 0 spiro atoms. The maximum atomic E-state index is 6.53. The molecule has 0 aromatic rings. The fourth-order valence-electron chi connectivity index (χ4n) is 3.18. The van der Waals surface area contributed by atoms with Crippen LogP contribution in [0.1, 0.15) is 99.8 Å². The van der Waals surface area contributed by atoms with Gasteiger partial charge in [0.25, 0.3) is 0 Å². The van der Waals surface area contributed by atoms with Crippen molar-refractivity contribution in [2.24, 2.45) is 0 Å². The van der Waals surface area contributed by atoms with E-state index in [1.165, 1.54) is 0 Å². The summed E-state index contributed by atoms with van der Waals surface area (Å²) in [7, 11) is -6.22. The highest BCUT2D eigenvalue weighted by atomic mass is 28.5. The lowest BCUT2D eigenvalue weighted by Crippen LogP contribution is -2.64. The van der Waals surface area contributed by atoms with Crippen molar-refractivity contribution in [2.75, 3.05) is 39.6 Å². The van der Waals surface area contributed by atoms with E-state index in [4.69, 9.17) is 26.6 Å². The summed E-state index contributed by atoms with van der Waals surface area (Å²) < 4.78 is 39.2. The normalized spacial score (nSPS) is 12.8. The number of hydrogen-bond acceptors (Lipinski definition) is 6. The Morgan fingerprint density at radius 1 is 0.400 bits per heavy atom. The molecular formula is C22H50O6Si2. The van der Waals surface area contributed by atoms with Crippen molar-refractivity contribution in [1.29, 1.82) is 0 Å². The first-order chi connectivity index (χ1) is 14.6. The number of hydrogen-bond donors (Lipinski definition) is 0. The molecule has 6 nitrogen and oxygen atoms in total. The van der Waals surface area contributed by atoms with Crippen molar-refractivity contribution in [2.45, 2.75) is 105 Å². The Morgan fingerprint density at radius 2 is 0.633 bits per heavy atom. The molecule has 0 amide bonds. The molecule has 0 aliphatic heterocycles. The molecule has 182 valence electrons. The Hall–Kier alpha value is 0.194. The van der Waals surface area contributed by atoms with Gasteiger partial charge in [-0.15, -0.1) is 0 Å². The minimum absolute atomic E-state index is 0.107. The molecule has 0 aromatic heterocycles. The summed E-state index contributed by atoms with van der Waals surface area (Å²) in [6, 6.07) is 0. The van der Waals surface area contributed by atoms with Gasteiger partial charge < -0.3 is 26.6 Å². The molecule has 0 aliphatic rings. The van der Waals surface area contributed by atoms with Crippen LogP contribution in [0.5, 0.6) is 0 Å². The average molecular weight is 467 g/mol. The molecule has 0 bridgehead atoms. The largest absolute Gasteiger partial charge is 0.508 e. The van der Waals surface area contributed by atoms with Crippen LogP contribution in [-0.2, 0) is 26.6 Å². The predicted molar refractivity (Wildman–Crippen MR) is 128 cm³/mol. The van der Waals surface area contributed by atoms with Crippen molar-refractivity contribution < 1.29 is 26.6 Å². The minimum atomic E-state index is -3.11. The summed E-state index contributed by atoms with van der Waals surface area (Å²) in [5, 5.41) is -0.107. The van der Waals surface area contributed by atoms with Crippen molar-refractivity contribution in [3.05, 3.63) is 0 Å². The minimum Gasteiger partial charge on any atom is -0.373 e. The monoisotopic (exact) mass is 466 g/mol. The summed E-state index contributed by atoms with van der Waals surface area (Å²) in [6.07, 6.45) is 7.29. The van der Waals surface area contributed by atoms with E-state index in [2.05, 4.69) is 48.5 Å². The van der Waals surface area contributed by atoms with E-state index < -0.39 is 17.6 Å². The van der Waals surface area contributed by atoms with Gasteiger partial charge in [-0.1, -0.05) is 54.9 Å². The van der Waals surface area contributed by atoms with Gasteiger partial charge in [0.2, 0.25) is 0 Å². The van der Waals surface area contributed by atoms with E-state index in [9.17, 15) is 0 Å². The van der Waals surface area contributed by atoms with Crippen molar-refractivity contribution in [1.82, 2.24) is 0 Å². The van der Waals surface area contributed by atoms with Gasteiger partial charge in [-0.2, -0.15) is 0 Å². The maximum absolute atomic E-state index is 6.53. The van der Waals surface area contributed by atoms with Gasteiger partial charge in [-0.3, -0.25) is 0 Å². The van der Waals surface area contributed by atoms with Crippen LogP contribution < -0.4 is 0 Å². The maximum Gasteiger partial charge on any atom is 0.508 e. The van der Waals surface area contributed by atoms with Gasteiger partial charge in [-0.25, -0.2) is 0 Å². The third-order valence-corrected chi connectivity index (χ3v) is 12.5. The van der Waals surface area contributed by atoms with Gasteiger partial charge in [-0.05, 0) is 44.9 Å². The summed E-state index contributed by atoms with van der Waals surface area (Å²) in [6.45, 7) is 18.6. The van der Waals surface area contributed by atoms with E-state index in [1.54, 1.807) is 0 Å². The first kappa shape index (κ1) is 30.2. The second-order valence-corrected chi connectivity index (χ2v) is 13.8. The van der Waals surface area contributed by atoms with Crippen molar-refractivity contribution in [3.63, 3.8) is 0 Å². The highest BCUT2D eigenvalue weighted by molar-refractivity contribution is 6.82. The lowest BCUT2D eigenvalue weighted by atomic mass is 10.4. The van der Waals surface area contributed by atoms with Crippen LogP contribution >= 0.6 is 0 Å². The molecule has 0 radical (unpaired) electrons. The first-order valence-electron chi connectivity index (χ1n) is 12.4. The summed E-state index contributed by atoms with van der Waals surface area (Å²) in [4.78, 5) is 0. The Balaban J connectivity index is 6.37. The van der Waals surface area contributed by atoms with Crippen LogP contribution in [0.4, 0.5) is 0 Å². The van der Waals surface area contributed by atoms with E-state index in [0.29, 0.717) is 39.6 Å². The molecule has 0 unspecified atom stereocenters. The Morgan fingerprint density at radius 3 is 0.800 bits per heavy atom. The highest BCUT2D eigenvalue weighted by Crippen LogP contribution is 2.41. The molecule has 0 rings (SSSR count).